The minimum absolute atomic E-state index is 0.0625. The van der Waals surface area contributed by atoms with Gasteiger partial charge in [0.2, 0.25) is 11.8 Å². The molecule has 2 aliphatic rings. The zero-order valence-electron chi connectivity index (χ0n) is 21.8. The molecule has 2 aromatic rings. The first kappa shape index (κ1) is 31.2. The number of halogens is 5. The van der Waals surface area contributed by atoms with Crippen LogP contribution in [0.4, 0.5) is 33.3 Å². The second-order valence-electron chi connectivity index (χ2n) is 9.42. The fourth-order valence-corrected chi connectivity index (χ4v) is 6.27. The zero-order valence-corrected chi connectivity index (χ0v) is 23.4. The van der Waals surface area contributed by atoms with E-state index in [1.54, 1.807) is 35.6 Å². The van der Waals surface area contributed by atoms with Crippen molar-refractivity contribution in [3.8, 4) is 5.75 Å². The van der Waals surface area contributed by atoms with Gasteiger partial charge < -0.3 is 14.7 Å². The maximum Gasteiger partial charge on any atom is 0.306 e. The lowest BCUT2D eigenvalue weighted by Gasteiger charge is -2.35. The summed E-state index contributed by atoms with van der Waals surface area (Å²) >= 11 is 1.25. The van der Waals surface area contributed by atoms with Crippen molar-refractivity contribution in [1.82, 2.24) is 4.31 Å². The van der Waals surface area contributed by atoms with E-state index in [2.05, 4.69) is 0 Å². The van der Waals surface area contributed by atoms with E-state index in [-0.39, 0.29) is 43.4 Å². The lowest BCUT2D eigenvalue weighted by atomic mass is 9.94. The van der Waals surface area contributed by atoms with Crippen molar-refractivity contribution in [2.45, 2.75) is 66.4 Å². The summed E-state index contributed by atoms with van der Waals surface area (Å²) < 4.78 is 83.8. The second-order valence-corrected chi connectivity index (χ2v) is 12.3. The van der Waals surface area contributed by atoms with Crippen LogP contribution in [0.3, 0.4) is 0 Å². The van der Waals surface area contributed by atoms with Crippen LogP contribution in [0.15, 0.2) is 46.2 Å². The molecule has 1 saturated carbocycles. The van der Waals surface area contributed by atoms with Gasteiger partial charge >= 0.3 is 5.97 Å². The Morgan fingerprint density at radius 1 is 1.21 bits per heavy atom. The van der Waals surface area contributed by atoms with E-state index in [1.807, 2.05) is 4.90 Å². The summed E-state index contributed by atoms with van der Waals surface area (Å²) in [7, 11) is 0.190. The van der Waals surface area contributed by atoms with Crippen LogP contribution in [-0.4, -0.2) is 63.4 Å². The number of rotatable bonds is 8. The summed E-state index contributed by atoms with van der Waals surface area (Å²) in [6, 6.07) is 9.30. The van der Waals surface area contributed by atoms with Gasteiger partial charge in [0.1, 0.15) is 22.6 Å². The maximum atomic E-state index is 13.5. The molecule has 0 bridgehead atoms. The van der Waals surface area contributed by atoms with Crippen LogP contribution in [0.2, 0.25) is 0 Å². The molecule has 1 unspecified atom stereocenters. The largest absolute Gasteiger partial charge is 0.492 e. The summed E-state index contributed by atoms with van der Waals surface area (Å²) in [4.78, 5) is 13.9. The lowest BCUT2D eigenvalue weighted by molar-refractivity contribution is -0.137. The highest BCUT2D eigenvalue weighted by atomic mass is 32.2. The number of nitrogens with zero attached hydrogens (tertiary/aromatic N) is 2. The summed E-state index contributed by atoms with van der Waals surface area (Å²) in [5, 5.41) is 8.63. The van der Waals surface area contributed by atoms with E-state index in [0.717, 1.165) is 6.92 Å². The highest BCUT2D eigenvalue weighted by molar-refractivity contribution is 8.00. The Kier molecular flexibility index (Phi) is 10.3. The van der Waals surface area contributed by atoms with Gasteiger partial charge in [-0.1, -0.05) is 6.92 Å². The Bertz CT molecular complexity index is 1170. The highest BCUT2D eigenvalue weighted by Gasteiger charge is 2.46. The number of hydrogen-bond donors (Lipinski definition) is 1. The minimum atomic E-state index is -2.68. The molecule has 1 aliphatic heterocycles. The number of carbonyl (C=O) groups is 1. The molecule has 13 heteroatoms. The van der Waals surface area contributed by atoms with Crippen LogP contribution in [0.1, 0.15) is 39.5 Å². The smallest absolute Gasteiger partial charge is 0.306 e. The highest BCUT2D eigenvalue weighted by Crippen LogP contribution is 2.50. The van der Waals surface area contributed by atoms with Gasteiger partial charge in [-0.15, -0.1) is 11.8 Å². The number of hydrogen-bond acceptors (Lipinski definition) is 5. The number of benzene rings is 2. The topological polar surface area (TPSA) is 70.1 Å². The molecule has 1 heterocycles. The Balaban J connectivity index is 0.000000631. The van der Waals surface area contributed by atoms with Gasteiger partial charge in [0.05, 0.1) is 28.5 Å². The molecule has 0 amide bonds. The predicted octanol–water partition coefficient (Wildman–Crippen LogP) is 6.73. The Labute approximate surface area is 231 Å². The van der Waals surface area contributed by atoms with Crippen LogP contribution in [0.5, 0.6) is 5.75 Å². The van der Waals surface area contributed by atoms with Crippen molar-refractivity contribution < 1.29 is 40.8 Å². The third-order valence-corrected chi connectivity index (χ3v) is 8.80. The molecule has 4 rings (SSSR count). The van der Waals surface area contributed by atoms with E-state index < -0.39 is 28.8 Å². The molecule has 6 nitrogen and oxygen atoms in total. The number of ether oxygens (including phenoxy) is 1. The molecule has 1 aliphatic carbocycles. The second kappa shape index (κ2) is 12.9. The van der Waals surface area contributed by atoms with Gasteiger partial charge in [0.25, 0.3) is 0 Å². The van der Waals surface area contributed by atoms with Crippen molar-refractivity contribution in [1.29, 1.82) is 0 Å². The number of thioether (sulfide) groups is 1. The van der Waals surface area contributed by atoms with E-state index in [9.17, 15) is 31.0 Å². The molecule has 0 aromatic heterocycles. The first-order chi connectivity index (χ1) is 18.2. The van der Waals surface area contributed by atoms with E-state index in [4.69, 9.17) is 9.84 Å². The number of likely N-dealkylation sites (N-methyl/N-ethyl adjacent to an activating group) is 1. The fraction of sp³-hybridized carbons (Fsp3) is 0.500. The molecular formula is C26H31F5N2O4S2. The van der Waals surface area contributed by atoms with Gasteiger partial charge in [0, 0.05) is 56.4 Å². The van der Waals surface area contributed by atoms with Crippen LogP contribution < -0.4 is 9.64 Å². The molecule has 0 saturated heterocycles. The minimum Gasteiger partial charge on any atom is -0.492 e. The Morgan fingerprint density at radius 2 is 1.82 bits per heavy atom. The summed E-state index contributed by atoms with van der Waals surface area (Å²) in [5.74, 6) is -6.22. The van der Waals surface area contributed by atoms with Gasteiger partial charge in [-0.3, -0.25) is 4.79 Å². The zero-order chi connectivity index (χ0) is 29.0. The van der Waals surface area contributed by atoms with Crippen LogP contribution >= 0.6 is 11.8 Å². The Morgan fingerprint density at radius 3 is 2.36 bits per heavy atom. The summed E-state index contributed by atoms with van der Waals surface area (Å²) in [6.07, 6.45) is -0.792. The van der Waals surface area contributed by atoms with Crippen molar-refractivity contribution in [2.75, 3.05) is 31.6 Å². The molecule has 1 atom stereocenters. The molecule has 2 aromatic carbocycles. The molecule has 1 fully saturated rings. The number of aliphatic carboxylic acids is 1. The van der Waals surface area contributed by atoms with Crippen molar-refractivity contribution in [2.24, 2.45) is 0 Å². The Hall–Kier alpha value is -2.38. The van der Waals surface area contributed by atoms with Crippen LogP contribution in [0.25, 0.3) is 0 Å². The monoisotopic (exact) mass is 594 g/mol. The van der Waals surface area contributed by atoms with E-state index >= 15 is 0 Å². The predicted molar refractivity (Wildman–Crippen MR) is 141 cm³/mol. The number of anilines is 2. The molecule has 216 valence electrons. The normalized spacial score (nSPS) is 19.3. The van der Waals surface area contributed by atoms with E-state index in [1.165, 1.54) is 30.8 Å². The number of carboxylic acid groups (broad SMARTS) is 1. The average Bonchev–Trinajstić information content (AvgIpc) is 2.95. The van der Waals surface area contributed by atoms with Gasteiger partial charge in [-0.2, -0.15) is 0 Å². The number of carboxylic acids is 1. The molecule has 39 heavy (non-hydrogen) atoms. The first-order valence-electron chi connectivity index (χ1n) is 12.3. The van der Waals surface area contributed by atoms with Crippen LogP contribution in [-0.2, 0) is 15.8 Å². The summed E-state index contributed by atoms with van der Waals surface area (Å²) in [6.45, 7) is 3.20. The number of fused-ring (bicyclic) bond motifs is 1. The fourth-order valence-electron chi connectivity index (χ4n) is 3.71. The van der Waals surface area contributed by atoms with Gasteiger partial charge in [0.15, 0.2) is 0 Å². The first-order valence-corrected chi connectivity index (χ1v) is 14.3. The quantitative estimate of drug-likeness (QED) is 0.342. The van der Waals surface area contributed by atoms with Crippen LogP contribution in [0, 0.1) is 5.82 Å². The average molecular weight is 595 g/mol. The summed E-state index contributed by atoms with van der Waals surface area (Å²) in [5.41, 5.74) is 1.32. The van der Waals surface area contributed by atoms with E-state index in [0.29, 0.717) is 40.0 Å². The van der Waals surface area contributed by atoms with Gasteiger partial charge in [-0.25, -0.2) is 30.5 Å². The molecular weight excluding hydrogens is 563 g/mol. The standard InChI is InChI=1S/C22H23F3N2O4S2.C4H8F2/c1-26-7-8-27(15-4-2-14(23)3-5-15)17-10-19(32-16-12-22(24,25)13-16)18(11-20(17)33(26)30)31-9-6-21(28)29;1-3-4(2,5)6/h2-5,10-11,16H,6-9,12-13H2,1H3,(H,28,29);3H2,1-2H3. The SMILES string of the molecule is CCC(C)(F)F.CN1CCN(c2ccc(F)cc2)c2cc(SC3CC(F)(F)C3)c(OCCC(=O)O)cc2S1=O. The lowest BCUT2D eigenvalue weighted by Crippen LogP contribution is -2.37. The third kappa shape index (κ3) is 8.81. The van der Waals surface area contributed by atoms with Gasteiger partial charge in [-0.05, 0) is 37.3 Å². The molecule has 0 radical (unpaired) electrons. The third-order valence-electron chi connectivity index (χ3n) is 6.10. The molecule has 0 spiro atoms. The van der Waals surface area contributed by atoms with Crippen molar-refractivity contribution >= 4 is 40.1 Å². The number of alkyl halides is 4. The van der Waals surface area contributed by atoms with Crippen molar-refractivity contribution in [3.05, 3.63) is 42.2 Å². The van der Waals surface area contributed by atoms with Crippen molar-refractivity contribution in [3.63, 3.8) is 0 Å². The maximum absolute atomic E-state index is 13.5. The molecule has 1 N–H and O–H groups in total.